The second kappa shape index (κ2) is 6.27. The minimum absolute atomic E-state index is 0.0243. The summed E-state index contributed by atoms with van der Waals surface area (Å²) in [6.45, 7) is 2.81. The van der Waals surface area contributed by atoms with E-state index in [-0.39, 0.29) is 18.0 Å². The van der Waals surface area contributed by atoms with Crippen molar-refractivity contribution in [3.05, 3.63) is 29.8 Å². The molecule has 2 unspecified atom stereocenters. The van der Waals surface area contributed by atoms with Gasteiger partial charge in [-0.2, -0.15) is 0 Å². The molecule has 1 aliphatic rings. The van der Waals surface area contributed by atoms with Gasteiger partial charge in [-0.15, -0.1) is 0 Å². The first-order valence-electron chi connectivity index (χ1n) is 7.34. The third kappa shape index (κ3) is 3.12. The first kappa shape index (κ1) is 14.9. The lowest BCUT2D eigenvalue weighted by Crippen LogP contribution is -2.51. The van der Waals surface area contributed by atoms with Gasteiger partial charge in [-0.05, 0) is 44.4 Å². The lowest BCUT2D eigenvalue weighted by molar-refractivity contribution is 0.0584. The van der Waals surface area contributed by atoms with E-state index < -0.39 is 0 Å². The Kier molecular flexibility index (Phi) is 4.65. The summed E-state index contributed by atoms with van der Waals surface area (Å²) in [5, 5.41) is 0. The highest BCUT2D eigenvalue weighted by Crippen LogP contribution is 2.23. The second-order valence-electron chi connectivity index (χ2n) is 5.87. The molecule has 0 bridgehead atoms. The number of hydrogen-bond donors (Lipinski definition) is 1. The van der Waals surface area contributed by atoms with Crippen LogP contribution in [0.5, 0.6) is 0 Å². The van der Waals surface area contributed by atoms with Gasteiger partial charge in [0, 0.05) is 44.0 Å². The molecule has 1 aromatic rings. The van der Waals surface area contributed by atoms with Crippen molar-refractivity contribution in [1.29, 1.82) is 0 Å². The molecule has 20 heavy (non-hydrogen) atoms. The molecule has 4 heteroatoms. The van der Waals surface area contributed by atoms with Crippen LogP contribution >= 0.6 is 0 Å². The molecule has 2 atom stereocenters. The standard InChI is InChI=1S/C16H25N3O/c1-12(17)15-9-4-5-10-19(15)16(20)13-7-6-8-14(11-13)18(2)3/h6-8,11-12,15H,4-5,9-10,17H2,1-3H3. The quantitative estimate of drug-likeness (QED) is 0.919. The van der Waals surface area contributed by atoms with Crippen LogP contribution in [0.15, 0.2) is 24.3 Å². The van der Waals surface area contributed by atoms with E-state index in [9.17, 15) is 4.79 Å². The van der Waals surface area contributed by atoms with E-state index >= 15 is 0 Å². The zero-order chi connectivity index (χ0) is 14.7. The molecule has 0 aliphatic carbocycles. The molecule has 0 aromatic heterocycles. The number of likely N-dealkylation sites (tertiary alicyclic amines) is 1. The van der Waals surface area contributed by atoms with Gasteiger partial charge in [-0.3, -0.25) is 4.79 Å². The molecule has 0 radical (unpaired) electrons. The normalized spacial score (nSPS) is 20.6. The molecule has 2 rings (SSSR count). The van der Waals surface area contributed by atoms with Gasteiger partial charge >= 0.3 is 0 Å². The van der Waals surface area contributed by atoms with E-state index in [4.69, 9.17) is 5.73 Å². The summed E-state index contributed by atoms with van der Waals surface area (Å²) in [5.41, 5.74) is 7.85. The topological polar surface area (TPSA) is 49.6 Å². The number of nitrogens with two attached hydrogens (primary N) is 1. The number of anilines is 1. The zero-order valence-corrected chi connectivity index (χ0v) is 12.7. The van der Waals surface area contributed by atoms with Crippen LogP contribution in [0.4, 0.5) is 5.69 Å². The number of amides is 1. The van der Waals surface area contributed by atoms with Crippen LogP contribution in [-0.4, -0.2) is 43.5 Å². The van der Waals surface area contributed by atoms with Crippen molar-refractivity contribution in [2.45, 2.75) is 38.3 Å². The molecule has 1 heterocycles. The fraction of sp³-hybridized carbons (Fsp3) is 0.562. The first-order valence-corrected chi connectivity index (χ1v) is 7.34. The molecule has 1 aliphatic heterocycles. The minimum atomic E-state index is 0.0243. The Bertz CT molecular complexity index is 471. The fourth-order valence-corrected chi connectivity index (χ4v) is 2.84. The van der Waals surface area contributed by atoms with Gasteiger partial charge in [0.25, 0.3) is 5.91 Å². The second-order valence-corrected chi connectivity index (χ2v) is 5.87. The predicted molar refractivity (Wildman–Crippen MR) is 83.1 cm³/mol. The van der Waals surface area contributed by atoms with E-state index in [1.807, 2.05) is 55.1 Å². The van der Waals surface area contributed by atoms with E-state index in [1.165, 1.54) is 0 Å². The number of benzene rings is 1. The van der Waals surface area contributed by atoms with Crippen molar-refractivity contribution in [2.24, 2.45) is 5.73 Å². The molecular formula is C16H25N3O. The van der Waals surface area contributed by atoms with Crippen LogP contribution in [0, 0.1) is 0 Å². The number of nitrogens with zero attached hydrogens (tertiary/aromatic N) is 2. The molecule has 2 N–H and O–H groups in total. The Balaban J connectivity index is 2.23. The monoisotopic (exact) mass is 275 g/mol. The average molecular weight is 275 g/mol. The maximum Gasteiger partial charge on any atom is 0.254 e. The van der Waals surface area contributed by atoms with Crippen molar-refractivity contribution < 1.29 is 4.79 Å². The lowest BCUT2D eigenvalue weighted by atomic mass is 9.96. The number of carbonyl (C=O) groups is 1. The van der Waals surface area contributed by atoms with E-state index in [2.05, 4.69) is 0 Å². The first-order chi connectivity index (χ1) is 9.50. The molecule has 1 aromatic carbocycles. The highest BCUT2D eigenvalue weighted by molar-refractivity contribution is 5.95. The summed E-state index contributed by atoms with van der Waals surface area (Å²) >= 11 is 0. The Morgan fingerprint density at radius 2 is 2.15 bits per heavy atom. The minimum Gasteiger partial charge on any atom is -0.378 e. The van der Waals surface area contributed by atoms with E-state index in [0.29, 0.717) is 0 Å². The molecule has 1 saturated heterocycles. The van der Waals surface area contributed by atoms with Gasteiger partial charge < -0.3 is 15.5 Å². The number of hydrogen-bond acceptors (Lipinski definition) is 3. The Morgan fingerprint density at radius 1 is 1.40 bits per heavy atom. The van der Waals surface area contributed by atoms with Crippen LogP contribution in [0.1, 0.15) is 36.5 Å². The molecule has 0 spiro atoms. The van der Waals surface area contributed by atoms with Gasteiger partial charge in [-0.25, -0.2) is 0 Å². The third-order valence-corrected chi connectivity index (χ3v) is 4.03. The summed E-state index contributed by atoms with van der Waals surface area (Å²) in [6.07, 6.45) is 3.24. The average Bonchev–Trinajstić information content (AvgIpc) is 2.46. The smallest absolute Gasteiger partial charge is 0.254 e. The van der Waals surface area contributed by atoms with Crippen molar-refractivity contribution in [3.63, 3.8) is 0 Å². The van der Waals surface area contributed by atoms with Gasteiger partial charge in [0.15, 0.2) is 0 Å². The van der Waals surface area contributed by atoms with Gasteiger partial charge in [0.05, 0.1) is 0 Å². The third-order valence-electron chi connectivity index (χ3n) is 4.03. The van der Waals surface area contributed by atoms with E-state index in [0.717, 1.165) is 37.1 Å². The van der Waals surface area contributed by atoms with Gasteiger partial charge in [0.1, 0.15) is 0 Å². The summed E-state index contributed by atoms with van der Waals surface area (Å²) in [4.78, 5) is 16.7. The lowest BCUT2D eigenvalue weighted by Gasteiger charge is -2.38. The van der Waals surface area contributed by atoms with Crippen molar-refractivity contribution in [1.82, 2.24) is 4.90 Å². The van der Waals surface area contributed by atoms with Crippen molar-refractivity contribution in [3.8, 4) is 0 Å². The van der Waals surface area contributed by atoms with Crippen LogP contribution in [0.25, 0.3) is 0 Å². The van der Waals surface area contributed by atoms with Crippen LogP contribution < -0.4 is 10.6 Å². The molecule has 4 nitrogen and oxygen atoms in total. The summed E-state index contributed by atoms with van der Waals surface area (Å²) in [5.74, 6) is 0.107. The Morgan fingerprint density at radius 3 is 2.80 bits per heavy atom. The van der Waals surface area contributed by atoms with Crippen molar-refractivity contribution >= 4 is 11.6 Å². The molecule has 1 fully saturated rings. The Labute approximate surface area is 121 Å². The molecule has 1 amide bonds. The predicted octanol–water partition coefficient (Wildman–Crippen LogP) is 2.09. The molecule has 110 valence electrons. The zero-order valence-electron chi connectivity index (χ0n) is 12.7. The fourth-order valence-electron chi connectivity index (χ4n) is 2.84. The summed E-state index contributed by atoms with van der Waals surface area (Å²) < 4.78 is 0. The highest BCUT2D eigenvalue weighted by atomic mass is 16.2. The van der Waals surface area contributed by atoms with E-state index in [1.54, 1.807) is 0 Å². The maximum atomic E-state index is 12.7. The summed E-state index contributed by atoms with van der Waals surface area (Å²) in [7, 11) is 3.96. The number of piperidine rings is 1. The van der Waals surface area contributed by atoms with Crippen molar-refractivity contribution in [2.75, 3.05) is 25.5 Å². The SMILES string of the molecule is CC(N)C1CCCCN1C(=O)c1cccc(N(C)C)c1. The van der Waals surface area contributed by atoms with Gasteiger partial charge in [0.2, 0.25) is 0 Å². The maximum absolute atomic E-state index is 12.7. The Hall–Kier alpha value is -1.55. The van der Waals surface area contributed by atoms with Crippen LogP contribution in [-0.2, 0) is 0 Å². The number of carbonyl (C=O) groups excluding carboxylic acids is 1. The summed E-state index contributed by atoms with van der Waals surface area (Å²) in [6, 6.07) is 7.98. The largest absolute Gasteiger partial charge is 0.378 e. The van der Waals surface area contributed by atoms with Crippen LogP contribution in [0.3, 0.4) is 0 Å². The number of rotatable bonds is 3. The molecule has 0 saturated carbocycles. The highest BCUT2D eigenvalue weighted by Gasteiger charge is 2.29. The van der Waals surface area contributed by atoms with Gasteiger partial charge in [-0.1, -0.05) is 6.07 Å². The molecular weight excluding hydrogens is 250 g/mol. The van der Waals surface area contributed by atoms with Crippen LogP contribution in [0.2, 0.25) is 0 Å².